The topological polar surface area (TPSA) is 273 Å². The molecule has 0 saturated carbocycles. The number of carbonyl (C=O) groups excluding carboxylic acids is 5. The van der Waals surface area contributed by atoms with Gasteiger partial charge >= 0.3 is 125 Å². The van der Waals surface area contributed by atoms with Gasteiger partial charge in [0.15, 0.2) is 0 Å². The van der Waals surface area contributed by atoms with Crippen LogP contribution in [0.2, 0.25) is 0 Å². The molecule has 28 heteroatoms. The summed E-state index contributed by atoms with van der Waals surface area (Å²) in [5.74, 6) is -1.30. The summed E-state index contributed by atoms with van der Waals surface area (Å²) in [6.07, 6.45) is 4.47. The van der Waals surface area contributed by atoms with Gasteiger partial charge in [0.2, 0.25) is 14.5 Å². The van der Waals surface area contributed by atoms with Crippen molar-refractivity contribution in [2.24, 2.45) is 5.92 Å². The molecule has 0 amide bonds. The monoisotopic (exact) mass is 1360 g/mol. The number of rotatable bonds is 6. The summed E-state index contributed by atoms with van der Waals surface area (Å²) < 4.78 is 22.1. The van der Waals surface area contributed by atoms with Crippen LogP contribution in [0.4, 0.5) is 0 Å². The van der Waals surface area contributed by atoms with Crippen LogP contribution in [-0.2, 0) is 74.7 Å². The van der Waals surface area contributed by atoms with E-state index in [1.54, 1.807) is 13.8 Å². The first kappa shape index (κ1) is 151. The molecule has 2 aliphatic rings. The third kappa shape index (κ3) is 273. The SMILES string of the molecule is Br.Br.C.C.C.C.C.C1CO1.CC.CCBr.CCC(C)=O.CCC(CC(=O)Cl)C(=O)OC.CCCC.CO.CO.Cl.N.O.O=C1CCC(=O)O1.O=S(Cl)Cl.[Cl][Cd][Cl].[H-].[H-].[H-].[H-].[H-].[H-].[Mg+2].[Mg+2].[Mg+2].[OH3+]. The van der Waals surface area contributed by atoms with E-state index in [0.29, 0.717) is 12.8 Å². The van der Waals surface area contributed by atoms with Crippen molar-refractivity contribution in [3.8, 4) is 0 Å². The van der Waals surface area contributed by atoms with E-state index in [4.69, 9.17) is 42.7 Å². The Morgan fingerprint density at radius 1 is 0.850 bits per heavy atom. The molecule has 0 aromatic rings. The summed E-state index contributed by atoms with van der Waals surface area (Å²) in [5, 5.41) is 14.6. The summed E-state index contributed by atoms with van der Waals surface area (Å²) in [4.78, 5) is 51.1. The quantitative estimate of drug-likeness (QED) is 0.0426. The van der Waals surface area contributed by atoms with Crippen molar-refractivity contribution >= 4 is 219 Å². The standard InChI is InChI=1S/C7H11ClO3.C4H4O3.C4H8O.C4H10.C2H5Br.C2H4O.C2H6.2CH4O.5CH4.2BrH.Cd.Cl2OS.3ClH.3Mg.H3N.2H2O.6H/c1-3-5(4-6(8)9)7(10)11-2;5-3-1-2-4(6)7-3;1-3-4(2)5;1-3-4-2;1-2-3;1-2-3-1;3*1-2;;;;;;;;;1-4(2)3;;;;;;;;;;;;;;;/h5H,3-4H2,1-2H3;1-2H2;3H2,1-2H3;3-4H2,1-2H3;2H2,1H3;1-2H2;1-2H3;2*2H,1H3;5*1H4;2*1H;;;3*1H;;;;1H3;2*1H2;;;;;;/q;;;;;;;;;;;;;;;;+2;;;;;3*+2;;;;6*-1/p-1. The maximum absolute atomic E-state index is 10.8. The van der Waals surface area contributed by atoms with E-state index >= 15 is 0 Å². The molecule has 10 N–H and O–H groups in total. The maximum atomic E-state index is 10.8. The first-order valence-corrected chi connectivity index (χ1v) is 28.6. The second-order valence-electron chi connectivity index (χ2n) is 6.75. The Morgan fingerprint density at radius 2 is 1.05 bits per heavy atom. The number of alkyl halides is 1. The van der Waals surface area contributed by atoms with E-state index in [-0.39, 0.29) is 215 Å². The molecular formula is C32H93Br3CdCl6Mg3NO13S+. The largest absolute Gasteiger partial charge is 2.00 e. The third-order valence-electron chi connectivity index (χ3n) is 3.40. The van der Waals surface area contributed by atoms with Gasteiger partial charge in [0, 0.05) is 53.8 Å². The Morgan fingerprint density at radius 3 is 1.12 bits per heavy atom. The smallest absolute Gasteiger partial charge is 1.00 e. The number of carbonyl (C=O) groups is 5. The summed E-state index contributed by atoms with van der Waals surface area (Å²) in [5.41, 5.74) is 0. The molecule has 2 rings (SSSR count). The number of hydrogen-bond acceptors (Lipinski definition) is 12. The van der Waals surface area contributed by atoms with Crippen LogP contribution in [0.15, 0.2) is 0 Å². The van der Waals surface area contributed by atoms with Crippen LogP contribution in [0.5, 0.6) is 0 Å². The normalized spacial score (nSPS) is 8.27. The number of esters is 3. The van der Waals surface area contributed by atoms with Crippen molar-refractivity contribution in [3.05, 3.63) is 0 Å². The number of epoxide rings is 1. The number of unbranched alkanes of at least 4 members (excludes halogenated alkanes) is 1. The number of Topliss-reactive ketones (excluding diaryl/α,β-unsaturated/α-hetero) is 1. The van der Waals surface area contributed by atoms with Crippen LogP contribution >= 0.6 is 112 Å². The molecule has 0 radical (unpaired) electrons. The minimum Gasteiger partial charge on any atom is -1.00 e. The third-order valence-corrected chi connectivity index (χ3v) is 3.55. The molecule has 380 valence electrons. The Bertz CT molecular complexity index is 707. The summed E-state index contributed by atoms with van der Waals surface area (Å²) in [7, 11) is 20.6. The number of aliphatic hydroxyl groups excluding tert-OH is 2. The van der Waals surface area contributed by atoms with E-state index in [0.717, 1.165) is 32.8 Å². The van der Waals surface area contributed by atoms with Crippen molar-refractivity contribution in [1.82, 2.24) is 6.15 Å². The molecule has 60 heavy (non-hydrogen) atoms. The molecule has 2 saturated heterocycles. The van der Waals surface area contributed by atoms with Crippen LogP contribution in [0.25, 0.3) is 0 Å². The molecule has 0 bridgehead atoms. The fourth-order valence-electron chi connectivity index (χ4n) is 1.19. The van der Waals surface area contributed by atoms with Crippen LogP contribution in [-0.4, -0.2) is 158 Å². The van der Waals surface area contributed by atoms with Crippen molar-refractivity contribution in [1.29, 1.82) is 0 Å². The number of aliphatic hydroxyl groups is 2. The maximum Gasteiger partial charge on any atom is 2.00 e. The number of ether oxygens (including phenoxy) is 3. The van der Waals surface area contributed by atoms with Gasteiger partial charge < -0.3 is 54.9 Å². The summed E-state index contributed by atoms with van der Waals surface area (Å²) >= 11 is 7.19. The predicted molar refractivity (Wildman–Crippen MR) is 292 cm³/mol. The minimum atomic E-state index is -1.67. The van der Waals surface area contributed by atoms with Gasteiger partial charge in [0.25, 0.3) is 0 Å². The zero-order chi connectivity index (χ0) is 38.9. The van der Waals surface area contributed by atoms with Crippen molar-refractivity contribution in [2.45, 2.75) is 137 Å². The number of hydrogen-bond donors (Lipinski definition) is 3. The molecule has 0 aromatic heterocycles. The fraction of sp³-hybridized carbons (Fsp3) is 0.844. The average Bonchev–Trinajstić information content (AvgIpc) is 3.88. The number of methoxy groups -OCH3 is 1. The van der Waals surface area contributed by atoms with Crippen molar-refractivity contribution in [2.75, 3.05) is 39.9 Å². The van der Waals surface area contributed by atoms with Crippen LogP contribution < -0.4 is 6.15 Å². The Hall–Kier alpha value is 4.26. The Balaban J connectivity index is -0.00000000851. The molecule has 0 aromatic carbocycles. The Kier molecular flexibility index (Phi) is 401. The zero-order valence-corrected chi connectivity index (χ0v) is 52.9. The van der Waals surface area contributed by atoms with Gasteiger partial charge in [0.05, 0.1) is 39.1 Å². The fourth-order valence-corrected chi connectivity index (χ4v) is 1.37. The molecule has 1 atom stereocenters. The first-order valence-electron chi connectivity index (χ1n) is 14.0. The second-order valence-corrected chi connectivity index (χ2v) is 16.8. The van der Waals surface area contributed by atoms with Gasteiger partial charge in [-0.1, -0.05) is 114 Å². The van der Waals surface area contributed by atoms with Gasteiger partial charge in [-0.3, -0.25) is 19.2 Å². The predicted octanol–water partition coefficient (Wildman–Crippen LogP) is 10.8. The van der Waals surface area contributed by atoms with E-state index in [2.05, 4.69) is 65.4 Å². The van der Waals surface area contributed by atoms with Crippen LogP contribution in [0, 0.1) is 5.92 Å². The molecule has 1 unspecified atom stereocenters. The average molecular weight is 1370 g/mol. The molecule has 14 nitrogen and oxygen atoms in total. The van der Waals surface area contributed by atoms with Gasteiger partial charge in [-0.2, -0.15) is 0 Å². The number of halogens is 9. The molecule has 2 heterocycles. The molecule has 2 aliphatic heterocycles. The van der Waals surface area contributed by atoms with E-state index in [1.807, 2.05) is 27.7 Å². The molecular weight excluding hydrogens is 1280 g/mol. The number of ketones is 1. The molecule has 2 fully saturated rings. The van der Waals surface area contributed by atoms with Crippen LogP contribution in [0.3, 0.4) is 0 Å². The van der Waals surface area contributed by atoms with Gasteiger partial charge in [-0.05, 0) is 24.9 Å². The molecule has 0 spiro atoms. The second kappa shape index (κ2) is 159. The van der Waals surface area contributed by atoms with Crippen LogP contribution in [0.1, 0.15) is 146 Å². The number of cyclic esters (lactones) is 2. The van der Waals surface area contributed by atoms with E-state index in [9.17, 15) is 24.0 Å². The van der Waals surface area contributed by atoms with Gasteiger partial charge in [-0.25, -0.2) is 4.21 Å². The van der Waals surface area contributed by atoms with Crippen molar-refractivity contribution < 1.29 is 93.9 Å². The Labute approximate surface area is 496 Å². The van der Waals surface area contributed by atoms with E-state index in [1.165, 1.54) is 20.0 Å². The minimum absolute atomic E-state index is 0. The van der Waals surface area contributed by atoms with Crippen molar-refractivity contribution in [3.63, 3.8) is 0 Å². The zero-order valence-electron chi connectivity index (χ0n) is 40.2. The summed E-state index contributed by atoms with van der Waals surface area (Å²) in [6, 6.07) is 0. The van der Waals surface area contributed by atoms with Gasteiger partial charge in [0.1, 0.15) is 5.78 Å². The summed E-state index contributed by atoms with van der Waals surface area (Å²) in [6.45, 7) is 17.6. The first-order chi connectivity index (χ1) is 21.6. The van der Waals surface area contributed by atoms with E-state index < -0.39 is 48.2 Å². The molecule has 0 aliphatic carbocycles. The van der Waals surface area contributed by atoms with Gasteiger partial charge in [-0.15, -0.1) is 46.4 Å².